The van der Waals surface area contributed by atoms with Crippen LogP contribution in [0.5, 0.6) is 0 Å². The number of aliphatic hydroxyl groups is 1. The van der Waals surface area contributed by atoms with Gasteiger partial charge in [-0.05, 0) is 48.2 Å². The van der Waals surface area contributed by atoms with E-state index in [1.807, 2.05) is 12.1 Å². The molecular formula is C22H23ClFNO3. The number of benzene rings is 2. The molecule has 0 saturated carbocycles. The van der Waals surface area contributed by atoms with Crippen LogP contribution in [0.2, 0.25) is 5.02 Å². The van der Waals surface area contributed by atoms with E-state index in [4.69, 9.17) is 16.3 Å². The van der Waals surface area contributed by atoms with Crippen LogP contribution < -0.4 is 0 Å². The number of halogens is 2. The lowest BCUT2D eigenvalue weighted by Gasteiger charge is -2.39. The monoisotopic (exact) mass is 403 g/mol. The van der Waals surface area contributed by atoms with Crippen LogP contribution in [0.1, 0.15) is 36.5 Å². The van der Waals surface area contributed by atoms with Crippen molar-refractivity contribution in [2.45, 2.75) is 31.0 Å². The Kier molecular flexibility index (Phi) is 5.41. The maximum Gasteiger partial charge on any atom is 0.311 e. The molecule has 4 rings (SSSR count). The zero-order chi connectivity index (χ0) is 19.7. The van der Waals surface area contributed by atoms with Crippen LogP contribution in [0.3, 0.4) is 0 Å². The maximum atomic E-state index is 13.1. The Balaban J connectivity index is 1.34. The highest BCUT2D eigenvalue weighted by Gasteiger charge is 2.39. The molecule has 2 aliphatic heterocycles. The van der Waals surface area contributed by atoms with Gasteiger partial charge in [-0.1, -0.05) is 35.9 Å². The van der Waals surface area contributed by atoms with Crippen molar-refractivity contribution in [2.24, 2.45) is 5.92 Å². The Morgan fingerprint density at radius 2 is 1.75 bits per heavy atom. The molecule has 1 N–H and O–H groups in total. The first kappa shape index (κ1) is 19.4. The third-order valence-electron chi connectivity index (χ3n) is 5.88. The Hall–Kier alpha value is -1.95. The predicted octanol–water partition coefficient (Wildman–Crippen LogP) is 4.07. The molecule has 0 amide bonds. The number of ether oxygens (including phenoxy) is 1. The summed E-state index contributed by atoms with van der Waals surface area (Å²) in [6.07, 6.45) is 1.51. The Labute approximate surface area is 168 Å². The molecular weight excluding hydrogens is 381 g/mol. The number of cyclic esters (lactones) is 1. The fraction of sp³-hybridized carbons (Fsp3) is 0.409. The van der Waals surface area contributed by atoms with E-state index in [2.05, 4.69) is 4.90 Å². The summed E-state index contributed by atoms with van der Waals surface area (Å²) >= 11 is 5.94. The second kappa shape index (κ2) is 7.82. The molecule has 2 aromatic rings. The fourth-order valence-electron chi connectivity index (χ4n) is 4.14. The molecule has 2 aliphatic rings. The lowest BCUT2D eigenvalue weighted by atomic mass is 9.84. The molecule has 0 bridgehead atoms. The van der Waals surface area contributed by atoms with Crippen LogP contribution in [0, 0.1) is 11.7 Å². The van der Waals surface area contributed by atoms with Crippen molar-refractivity contribution < 1.29 is 19.0 Å². The predicted molar refractivity (Wildman–Crippen MR) is 104 cm³/mol. The molecule has 6 heteroatoms. The van der Waals surface area contributed by atoms with E-state index in [1.54, 1.807) is 24.3 Å². The summed E-state index contributed by atoms with van der Waals surface area (Å²) in [5.41, 5.74) is 0.856. The number of rotatable bonds is 4. The van der Waals surface area contributed by atoms with Gasteiger partial charge in [0.2, 0.25) is 0 Å². The van der Waals surface area contributed by atoms with E-state index in [0.29, 0.717) is 43.9 Å². The number of carbonyl (C=O) groups is 1. The summed E-state index contributed by atoms with van der Waals surface area (Å²) in [5, 5.41) is 11.6. The van der Waals surface area contributed by atoms with Gasteiger partial charge in [0.25, 0.3) is 0 Å². The van der Waals surface area contributed by atoms with Crippen LogP contribution in [0.25, 0.3) is 0 Å². The van der Waals surface area contributed by atoms with Crippen molar-refractivity contribution in [2.75, 3.05) is 19.6 Å². The number of carbonyl (C=O) groups excluding carboxylic acids is 1. The Bertz CT molecular complexity index is 832. The average Bonchev–Trinajstić information content (AvgIpc) is 3.05. The highest BCUT2D eigenvalue weighted by atomic mass is 35.5. The van der Waals surface area contributed by atoms with Crippen LogP contribution in [0.15, 0.2) is 48.5 Å². The van der Waals surface area contributed by atoms with Gasteiger partial charge in [0.15, 0.2) is 0 Å². The van der Waals surface area contributed by atoms with Gasteiger partial charge in [-0.3, -0.25) is 4.79 Å². The average molecular weight is 404 g/mol. The van der Waals surface area contributed by atoms with Crippen molar-refractivity contribution >= 4 is 17.6 Å². The second-order valence-electron chi connectivity index (χ2n) is 7.75. The standard InChI is InChI=1S/C22H23ClFNO3/c23-18-5-3-17(4-6-18)22(27)9-11-25(12-10-22)14-16-13-20(28-21(16)26)15-1-7-19(24)8-2-15/h1-8,16,20,27H,9-14H2. The maximum absolute atomic E-state index is 13.1. The van der Waals surface area contributed by atoms with Crippen LogP contribution in [-0.2, 0) is 15.1 Å². The number of nitrogens with zero attached hydrogens (tertiary/aromatic N) is 1. The summed E-state index contributed by atoms with van der Waals surface area (Å²) in [6, 6.07) is 13.5. The zero-order valence-corrected chi connectivity index (χ0v) is 16.2. The summed E-state index contributed by atoms with van der Waals surface area (Å²) in [7, 11) is 0. The van der Waals surface area contributed by atoms with E-state index < -0.39 is 5.60 Å². The minimum Gasteiger partial charge on any atom is -0.457 e. The minimum absolute atomic E-state index is 0.197. The van der Waals surface area contributed by atoms with Gasteiger partial charge >= 0.3 is 5.97 Å². The van der Waals surface area contributed by atoms with E-state index >= 15 is 0 Å². The van der Waals surface area contributed by atoms with Crippen LogP contribution in [0.4, 0.5) is 4.39 Å². The van der Waals surface area contributed by atoms with Crippen molar-refractivity contribution in [1.29, 1.82) is 0 Å². The molecule has 2 atom stereocenters. The molecule has 2 unspecified atom stereocenters. The Morgan fingerprint density at radius 3 is 2.39 bits per heavy atom. The van der Waals surface area contributed by atoms with E-state index in [-0.39, 0.29) is 23.8 Å². The lowest BCUT2D eigenvalue weighted by molar-refractivity contribution is -0.145. The lowest BCUT2D eigenvalue weighted by Crippen LogP contribution is -2.44. The molecule has 2 heterocycles. The molecule has 0 aromatic heterocycles. The largest absolute Gasteiger partial charge is 0.457 e. The van der Waals surface area contributed by atoms with Gasteiger partial charge in [0.1, 0.15) is 11.9 Å². The smallest absolute Gasteiger partial charge is 0.311 e. The Morgan fingerprint density at radius 1 is 1.11 bits per heavy atom. The first-order valence-electron chi connectivity index (χ1n) is 9.60. The zero-order valence-electron chi connectivity index (χ0n) is 15.5. The van der Waals surface area contributed by atoms with Crippen LogP contribution >= 0.6 is 11.6 Å². The first-order valence-corrected chi connectivity index (χ1v) is 9.97. The van der Waals surface area contributed by atoms with Gasteiger partial charge < -0.3 is 14.7 Å². The molecule has 2 fully saturated rings. The van der Waals surface area contributed by atoms with E-state index in [0.717, 1.165) is 11.1 Å². The molecule has 0 spiro atoms. The molecule has 4 nitrogen and oxygen atoms in total. The summed E-state index contributed by atoms with van der Waals surface area (Å²) < 4.78 is 18.6. The second-order valence-corrected chi connectivity index (χ2v) is 8.19. The quantitative estimate of drug-likeness (QED) is 0.782. The molecule has 2 saturated heterocycles. The molecule has 28 heavy (non-hydrogen) atoms. The normalized spacial score (nSPS) is 24.9. The molecule has 0 aliphatic carbocycles. The summed E-state index contributed by atoms with van der Waals surface area (Å²) in [6.45, 7) is 2.04. The van der Waals surface area contributed by atoms with E-state index in [9.17, 15) is 14.3 Å². The fourth-order valence-corrected chi connectivity index (χ4v) is 4.26. The van der Waals surface area contributed by atoms with Gasteiger partial charge in [-0.2, -0.15) is 0 Å². The van der Waals surface area contributed by atoms with Gasteiger partial charge in [-0.25, -0.2) is 4.39 Å². The first-order chi connectivity index (χ1) is 13.4. The number of likely N-dealkylation sites (tertiary alicyclic amines) is 1. The van der Waals surface area contributed by atoms with E-state index in [1.165, 1.54) is 12.1 Å². The molecule has 0 radical (unpaired) electrons. The van der Waals surface area contributed by atoms with Crippen LogP contribution in [-0.4, -0.2) is 35.6 Å². The van der Waals surface area contributed by atoms with Gasteiger partial charge in [0, 0.05) is 31.1 Å². The van der Waals surface area contributed by atoms with Gasteiger partial charge in [0.05, 0.1) is 11.5 Å². The van der Waals surface area contributed by atoms with Crippen molar-refractivity contribution in [1.82, 2.24) is 4.90 Å². The number of hydrogen-bond acceptors (Lipinski definition) is 4. The van der Waals surface area contributed by atoms with Crippen molar-refractivity contribution in [3.05, 3.63) is 70.5 Å². The number of esters is 1. The highest BCUT2D eigenvalue weighted by Crippen LogP contribution is 2.37. The summed E-state index contributed by atoms with van der Waals surface area (Å²) in [5.74, 6) is -0.698. The SMILES string of the molecule is O=C1OC(c2ccc(F)cc2)CC1CN1CCC(O)(c2ccc(Cl)cc2)CC1. The van der Waals surface area contributed by atoms with Crippen molar-refractivity contribution in [3.8, 4) is 0 Å². The summed E-state index contributed by atoms with van der Waals surface area (Å²) in [4.78, 5) is 14.5. The minimum atomic E-state index is -0.853. The highest BCUT2D eigenvalue weighted by molar-refractivity contribution is 6.30. The number of hydrogen-bond donors (Lipinski definition) is 1. The van der Waals surface area contributed by atoms with Gasteiger partial charge in [-0.15, -0.1) is 0 Å². The topological polar surface area (TPSA) is 49.8 Å². The number of piperidine rings is 1. The third-order valence-corrected chi connectivity index (χ3v) is 6.13. The van der Waals surface area contributed by atoms with Crippen molar-refractivity contribution in [3.63, 3.8) is 0 Å². The third kappa shape index (κ3) is 4.07. The molecule has 2 aromatic carbocycles. The molecule has 148 valence electrons.